The fraction of sp³-hybridized carbons (Fsp3) is 0.400. The number of nitrogen functional groups attached to an aromatic ring is 1. The van der Waals surface area contributed by atoms with Gasteiger partial charge in [-0.2, -0.15) is 0 Å². The van der Waals surface area contributed by atoms with Crippen LogP contribution in [0.25, 0.3) is 10.8 Å². The number of pyridine rings is 1. The Morgan fingerprint density at radius 1 is 1.22 bits per heavy atom. The van der Waals surface area contributed by atoms with E-state index in [0.29, 0.717) is 0 Å². The van der Waals surface area contributed by atoms with Gasteiger partial charge >= 0.3 is 0 Å². The molecule has 0 bridgehead atoms. The first kappa shape index (κ1) is 12.7. The minimum atomic E-state index is 0.723. The summed E-state index contributed by atoms with van der Waals surface area (Å²) in [5.74, 6) is 1.62. The van der Waals surface area contributed by atoms with Crippen molar-refractivity contribution in [3.05, 3.63) is 30.6 Å². The predicted molar refractivity (Wildman–Crippen MR) is 75.7 cm³/mol. The van der Waals surface area contributed by atoms with E-state index in [0.717, 1.165) is 41.2 Å². The average molecular weight is 244 g/mol. The Morgan fingerprint density at radius 3 is 2.83 bits per heavy atom. The molecule has 0 aliphatic heterocycles. The second kappa shape index (κ2) is 5.71. The SMILES string of the molecule is CC(C)CCCOc1ccc(N)c2cnccc12. The Kier molecular flexibility index (Phi) is 4.03. The molecule has 0 amide bonds. The van der Waals surface area contributed by atoms with E-state index in [1.165, 1.54) is 6.42 Å². The van der Waals surface area contributed by atoms with E-state index in [1.54, 1.807) is 12.4 Å². The zero-order chi connectivity index (χ0) is 13.0. The number of ether oxygens (including phenoxy) is 1. The van der Waals surface area contributed by atoms with Crippen LogP contribution in [-0.4, -0.2) is 11.6 Å². The molecular formula is C15H20N2O. The summed E-state index contributed by atoms with van der Waals surface area (Å²) in [5.41, 5.74) is 6.67. The molecule has 96 valence electrons. The lowest BCUT2D eigenvalue weighted by Gasteiger charge is -2.11. The summed E-state index contributed by atoms with van der Waals surface area (Å²) in [6, 6.07) is 5.76. The molecule has 0 spiro atoms. The number of fused-ring (bicyclic) bond motifs is 1. The summed E-state index contributed by atoms with van der Waals surface area (Å²) in [6.07, 6.45) is 5.82. The Morgan fingerprint density at radius 2 is 2.06 bits per heavy atom. The van der Waals surface area contributed by atoms with Crippen molar-refractivity contribution in [1.82, 2.24) is 4.98 Å². The smallest absolute Gasteiger partial charge is 0.127 e. The predicted octanol–water partition coefficient (Wildman–Crippen LogP) is 3.63. The van der Waals surface area contributed by atoms with Crippen LogP contribution in [0.4, 0.5) is 5.69 Å². The first-order valence-corrected chi connectivity index (χ1v) is 6.43. The van der Waals surface area contributed by atoms with Crippen LogP contribution in [0.3, 0.4) is 0 Å². The van der Waals surface area contributed by atoms with Crippen LogP contribution >= 0.6 is 0 Å². The van der Waals surface area contributed by atoms with Crippen molar-refractivity contribution < 1.29 is 4.74 Å². The molecule has 1 aromatic carbocycles. The van der Waals surface area contributed by atoms with Crippen LogP contribution in [0, 0.1) is 5.92 Å². The Balaban J connectivity index is 2.11. The molecule has 2 aromatic rings. The number of hydrogen-bond donors (Lipinski definition) is 1. The third-order valence-corrected chi connectivity index (χ3v) is 3.00. The van der Waals surface area contributed by atoms with Gasteiger partial charge in [-0.15, -0.1) is 0 Å². The van der Waals surface area contributed by atoms with Crippen LogP contribution in [-0.2, 0) is 0 Å². The van der Waals surface area contributed by atoms with Crippen molar-refractivity contribution >= 4 is 16.5 Å². The molecule has 0 fully saturated rings. The maximum absolute atomic E-state index is 5.92. The molecule has 0 radical (unpaired) electrons. The average Bonchev–Trinajstić information content (AvgIpc) is 2.37. The lowest BCUT2D eigenvalue weighted by molar-refractivity contribution is 0.301. The highest BCUT2D eigenvalue weighted by atomic mass is 16.5. The van der Waals surface area contributed by atoms with Gasteiger partial charge in [0.1, 0.15) is 5.75 Å². The number of nitrogens with zero attached hydrogens (tertiary/aromatic N) is 1. The Hall–Kier alpha value is -1.77. The summed E-state index contributed by atoms with van der Waals surface area (Å²) in [4.78, 5) is 4.10. The number of anilines is 1. The quantitative estimate of drug-likeness (QED) is 0.645. The number of hydrogen-bond acceptors (Lipinski definition) is 3. The van der Waals surface area contributed by atoms with Gasteiger partial charge in [-0.05, 0) is 37.0 Å². The van der Waals surface area contributed by atoms with Gasteiger partial charge in [-0.25, -0.2) is 0 Å². The van der Waals surface area contributed by atoms with Crippen LogP contribution < -0.4 is 10.5 Å². The molecular weight excluding hydrogens is 224 g/mol. The van der Waals surface area contributed by atoms with Crippen LogP contribution in [0.15, 0.2) is 30.6 Å². The van der Waals surface area contributed by atoms with Crippen molar-refractivity contribution in [3.63, 3.8) is 0 Å². The maximum atomic E-state index is 5.92. The first-order chi connectivity index (χ1) is 8.68. The van der Waals surface area contributed by atoms with Crippen molar-refractivity contribution in [2.24, 2.45) is 5.92 Å². The van der Waals surface area contributed by atoms with Crippen LogP contribution in [0.5, 0.6) is 5.75 Å². The number of aromatic nitrogens is 1. The molecule has 0 saturated carbocycles. The van der Waals surface area contributed by atoms with Crippen LogP contribution in [0.2, 0.25) is 0 Å². The molecule has 0 atom stereocenters. The van der Waals surface area contributed by atoms with Gasteiger partial charge in [0.15, 0.2) is 0 Å². The monoisotopic (exact) mass is 244 g/mol. The van der Waals surface area contributed by atoms with E-state index >= 15 is 0 Å². The first-order valence-electron chi connectivity index (χ1n) is 6.43. The lowest BCUT2D eigenvalue weighted by atomic mass is 10.1. The summed E-state index contributed by atoms with van der Waals surface area (Å²) < 4.78 is 5.84. The van der Waals surface area contributed by atoms with E-state index in [-0.39, 0.29) is 0 Å². The Bertz CT molecular complexity index is 523. The summed E-state index contributed by atoms with van der Waals surface area (Å²) in [5, 5.41) is 1.99. The van der Waals surface area contributed by atoms with Crippen molar-refractivity contribution in [2.45, 2.75) is 26.7 Å². The van der Waals surface area contributed by atoms with E-state index in [9.17, 15) is 0 Å². The summed E-state index contributed by atoms with van der Waals surface area (Å²) >= 11 is 0. The van der Waals surface area contributed by atoms with Gasteiger partial charge < -0.3 is 10.5 Å². The largest absolute Gasteiger partial charge is 0.493 e. The molecule has 0 aliphatic carbocycles. The highest BCUT2D eigenvalue weighted by Gasteiger charge is 2.05. The van der Waals surface area contributed by atoms with E-state index in [2.05, 4.69) is 18.8 Å². The number of benzene rings is 1. The molecule has 0 unspecified atom stereocenters. The number of nitrogens with two attached hydrogens (primary N) is 1. The van der Waals surface area contributed by atoms with Gasteiger partial charge in [-0.3, -0.25) is 4.98 Å². The van der Waals surface area contributed by atoms with E-state index < -0.39 is 0 Å². The highest BCUT2D eigenvalue weighted by molar-refractivity contribution is 5.96. The minimum absolute atomic E-state index is 0.723. The van der Waals surface area contributed by atoms with Gasteiger partial charge in [-0.1, -0.05) is 13.8 Å². The second-order valence-corrected chi connectivity index (χ2v) is 4.96. The topological polar surface area (TPSA) is 48.1 Å². The normalized spacial score (nSPS) is 11.1. The lowest BCUT2D eigenvalue weighted by Crippen LogP contribution is -2.00. The standard InChI is InChI=1S/C15H20N2O/c1-11(2)4-3-9-18-15-6-5-14(16)13-10-17-8-7-12(13)15/h5-8,10-11H,3-4,9,16H2,1-2H3. The third kappa shape index (κ3) is 2.92. The molecule has 2 rings (SSSR count). The van der Waals surface area contributed by atoms with Crippen LogP contribution in [0.1, 0.15) is 26.7 Å². The molecule has 3 heteroatoms. The molecule has 18 heavy (non-hydrogen) atoms. The molecule has 2 N–H and O–H groups in total. The van der Waals surface area contributed by atoms with E-state index in [1.807, 2.05) is 18.2 Å². The molecule has 0 saturated heterocycles. The van der Waals surface area contributed by atoms with Gasteiger partial charge in [0.25, 0.3) is 0 Å². The molecule has 1 heterocycles. The zero-order valence-electron chi connectivity index (χ0n) is 11.0. The molecule has 3 nitrogen and oxygen atoms in total. The van der Waals surface area contributed by atoms with E-state index in [4.69, 9.17) is 10.5 Å². The van der Waals surface area contributed by atoms with Gasteiger partial charge in [0, 0.05) is 28.9 Å². The minimum Gasteiger partial charge on any atom is -0.493 e. The summed E-state index contributed by atoms with van der Waals surface area (Å²) in [7, 11) is 0. The fourth-order valence-corrected chi connectivity index (χ4v) is 1.98. The number of rotatable bonds is 5. The van der Waals surface area contributed by atoms with Crippen molar-refractivity contribution in [3.8, 4) is 5.75 Å². The highest BCUT2D eigenvalue weighted by Crippen LogP contribution is 2.29. The van der Waals surface area contributed by atoms with Crippen molar-refractivity contribution in [2.75, 3.05) is 12.3 Å². The molecule has 1 aromatic heterocycles. The summed E-state index contributed by atoms with van der Waals surface area (Å²) in [6.45, 7) is 5.20. The maximum Gasteiger partial charge on any atom is 0.127 e. The van der Waals surface area contributed by atoms with Gasteiger partial charge in [0.2, 0.25) is 0 Å². The fourth-order valence-electron chi connectivity index (χ4n) is 1.98. The van der Waals surface area contributed by atoms with Crippen molar-refractivity contribution in [1.29, 1.82) is 0 Å². The third-order valence-electron chi connectivity index (χ3n) is 3.00. The zero-order valence-corrected chi connectivity index (χ0v) is 11.0. The molecule has 0 aliphatic rings. The Labute approximate surface area is 108 Å². The van der Waals surface area contributed by atoms with Gasteiger partial charge in [0.05, 0.1) is 6.61 Å². The second-order valence-electron chi connectivity index (χ2n) is 4.96.